The lowest BCUT2D eigenvalue weighted by atomic mass is 10.0. The lowest BCUT2D eigenvalue weighted by Crippen LogP contribution is -2.36. The molecular formula is C17H20N4O3. The fourth-order valence-corrected chi connectivity index (χ4v) is 2.61. The summed E-state index contributed by atoms with van der Waals surface area (Å²) in [7, 11) is 5.18. The van der Waals surface area contributed by atoms with E-state index in [2.05, 4.69) is 15.3 Å². The number of amides is 1. The van der Waals surface area contributed by atoms with Gasteiger partial charge in [0.25, 0.3) is 5.91 Å². The van der Waals surface area contributed by atoms with Gasteiger partial charge < -0.3 is 19.7 Å². The summed E-state index contributed by atoms with van der Waals surface area (Å²) in [6.07, 6.45) is 2.46. The molecule has 24 heavy (non-hydrogen) atoms. The number of anilines is 2. The first kappa shape index (κ1) is 16.0. The van der Waals surface area contributed by atoms with E-state index in [1.807, 2.05) is 38.4 Å². The second-order valence-corrected chi connectivity index (χ2v) is 5.73. The Bertz CT molecular complexity index is 748. The predicted octanol–water partition coefficient (Wildman–Crippen LogP) is 1.88. The Morgan fingerprint density at radius 1 is 1.38 bits per heavy atom. The standard InChI is InChI=1S/C17H20N4O3/c1-21(2)15-12(10-18-17(20-15)23-3)19-16(22)14-9-8-11-6-4-5-7-13(11)24-14/h4-7,10,14H,8-9H2,1-3H3,(H,19,22). The van der Waals surface area contributed by atoms with Gasteiger partial charge in [0.05, 0.1) is 13.3 Å². The molecule has 1 aliphatic heterocycles. The van der Waals surface area contributed by atoms with Crippen molar-refractivity contribution in [3.8, 4) is 11.8 Å². The van der Waals surface area contributed by atoms with Gasteiger partial charge in [0.15, 0.2) is 11.9 Å². The minimum absolute atomic E-state index is 0.207. The molecule has 0 radical (unpaired) electrons. The molecule has 1 aromatic carbocycles. The minimum Gasteiger partial charge on any atom is -0.480 e. The van der Waals surface area contributed by atoms with Gasteiger partial charge >= 0.3 is 6.01 Å². The van der Waals surface area contributed by atoms with E-state index in [-0.39, 0.29) is 11.9 Å². The number of nitrogens with zero attached hydrogens (tertiary/aromatic N) is 3. The van der Waals surface area contributed by atoms with Gasteiger partial charge in [0, 0.05) is 14.1 Å². The summed E-state index contributed by atoms with van der Waals surface area (Å²) in [5, 5.41) is 2.86. The fourth-order valence-electron chi connectivity index (χ4n) is 2.61. The third kappa shape index (κ3) is 3.24. The molecule has 1 amide bonds. The van der Waals surface area contributed by atoms with Crippen molar-refractivity contribution in [1.29, 1.82) is 0 Å². The Hall–Kier alpha value is -2.83. The highest BCUT2D eigenvalue weighted by atomic mass is 16.5. The molecule has 0 spiro atoms. The number of benzene rings is 1. The molecule has 0 fully saturated rings. The van der Waals surface area contributed by atoms with Crippen LogP contribution in [0.5, 0.6) is 11.8 Å². The number of aromatic nitrogens is 2. The van der Waals surface area contributed by atoms with Crippen molar-refractivity contribution < 1.29 is 14.3 Å². The molecule has 1 aliphatic rings. The molecule has 7 nitrogen and oxygen atoms in total. The van der Waals surface area contributed by atoms with E-state index in [1.54, 1.807) is 4.90 Å². The average Bonchev–Trinajstić information content (AvgIpc) is 2.61. The highest BCUT2D eigenvalue weighted by Gasteiger charge is 2.27. The van der Waals surface area contributed by atoms with E-state index in [9.17, 15) is 4.79 Å². The summed E-state index contributed by atoms with van der Waals surface area (Å²) in [6, 6.07) is 8.03. The van der Waals surface area contributed by atoms with Gasteiger partial charge in [-0.05, 0) is 24.5 Å². The molecule has 1 N–H and O–H groups in total. The third-order valence-corrected chi connectivity index (χ3v) is 3.82. The number of rotatable bonds is 4. The SMILES string of the molecule is COc1ncc(NC(=O)C2CCc3ccccc3O2)c(N(C)C)n1. The van der Waals surface area contributed by atoms with Crippen molar-refractivity contribution in [3.63, 3.8) is 0 Å². The van der Waals surface area contributed by atoms with Crippen LogP contribution in [0, 0.1) is 0 Å². The highest BCUT2D eigenvalue weighted by Crippen LogP contribution is 2.28. The monoisotopic (exact) mass is 328 g/mol. The van der Waals surface area contributed by atoms with Crippen LogP contribution in [-0.4, -0.2) is 43.2 Å². The van der Waals surface area contributed by atoms with Crippen molar-refractivity contribution in [2.75, 3.05) is 31.4 Å². The maximum atomic E-state index is 12.6. The van der Waals surface area contributed by atoms with Gasteiger partial charge in [0.2, 0.25) is 0 Å². The molecule has 1 unspecified atom stereocenters. The molecule has 0 bridgehead atoms. The molecule has 0 saturated heterocycles. The molecule has 3 rings (SSSR count). The van der Waals surface area contributed by atoms with Crippen molar-refractivity contribution in [2.24, 2.45) is 0 Å². The quantitative estimate of drug-likeness (QED) is 0.923. The second kappa shape index (κ2) is 6.74. The maximum Gasteiger partial charge on any atom is 0.318 e. The van der Waals surface area contributed by atoms with Gasteiger partial charge in [-0.1, -0.05) is 18.2 Å². The third-order valence-electron chi connectivity index (χ3n) is 3.82. The van der Waals surface area contributed by atoms with Crippen LogP contribution in [0.3, 0.4) is 0 Å². The Labute approximate surface area is 140 Å². The van der Waals surface area contributed by atoms with Crippen LogP contribution in [0.1, 0.15) is 12.0 Å². The normalized spacial score (nSPS) is 15.9. The van der Waals surface area contributed by atoms with Crippen molar-refractivity contribution in [1.82, 2.24) is 9.97 Å². The van der Waals surface area contributed by atoms with E-state index in [0.717, 1.165) is 17.7 Å². The van der Waals surface area contributed by atoms with Crippen LogP contribution < -0.4 is 19.7 Å². The Morgan fingerprint density at radius 3 is 2.92 bits per heavy atom. The number of carbonyl (C=O) groups is 1. The van der Waals surface area contributed by atoms with E-state index in [1.165, 1.54) is 13.3 Å². The molecule has 2 heterocycles. The first-order valence-corrected chi connectivity index (χ1v) is 7.72. The van der Waals surface area contributed by atoms with Crippen molar-refractivity contribution in [2.45, 2.75) is 18.9 Å². The van der Waals surface area contributed by atoms with Crippen molar-refractivity contribution >= 4 is 17.4 Å². The molecule has 7 heteroatoms. The topological polar surface area (TPSA) is 76.6 Å². The molecule has 1 aromatic heterocycles. The molecule has 1 atom stereocenters. The van der Waals surface area contributed by atoms with Crippen LogP contribution in [0.4, 0.5) is 11.5 Å². The summed E-state index contributed by atoms with van der Waals surface area (Å²) in [5.41, 5.74) is 1.65. The maximum absolute atomic E-state index is 12.6. The summed E-state index contributed by atoms with van der Waals surface area (Å²) in [5.74, 6) is 1.13. The summed E-state index contributed by atoms with van der Waals surface area (Å²) >= 11 is 0. The van der Waals surface area contributed by atoms with E-state index in [4.69, 9.17) is 9.47 Å². The first-order valence-electron chi connectivity index (χ1n) is 7.72. The van der Waals surface area contributed by atoms with Crippen LogP contribution in [0.2, 0.25) is 0 Å². The van der Waals surface area contributed by atoms with Gasteiger partial charge in [-0.15, -0.1) is 0 Å². The minimum atomic E-state index is -0.531. The predicted molar refractivity (Wildman–Crippen MR) is 90.7 cm³/mol. The lowest BCUT2D eigenvalue weighted by Gasteiger charge is -2.25. The number of nitrogens with one attached hydrogen (secondary N) is 1. The fraction of sp³-hybridized carbons (Fsp3) is 0.353. The zero-order chi connectivity index (χ0) is 17.1. The van der Waals surface area contributed by atoms with Gasteiger partial charge in [-0.25, -0.2) is 4.98 Å². The Kier molecular flexibility index (Phi) is 4.50. The number of para-hydroxylation sites is 1. The largest absolute Gasteiger partial charge is 0.480 e. The van der Waals surface area contributed by atoms with Crippen LogP contribution >= 0.6 is 0 Å². The average molecular weight is 328 g/mol. The van der Waals surface area contributed by atoms with Gasteiger partial charge in [0.1, 0.15) is 11.4 Å². The smallest absolute Gasteiger partial charge is 0.318 e. The first-order chi connectivity index (χ1) is 11.6. The van der Waals surface area contributed by atoms with E-state index in [0.29, 0.717) is 17.9 Å². The molecule has 2 aromatic rings. The zero-order valence-electron chi connectivity index (χ0n) is 13.9. The second-order valence-electron chi connectivity index (χ2n) is 5.73. The van der Waals surface area contributed by atoms with Gasteiger partial charge in [-0.2, -0.15) is 4.98 Å². The summed E-state index contributed by atoms with van der Waals surface area (Å²) < 4.78 is 10.9. The number of hydrogen-bond acceptors (Lipinski definition) is 6. The van der Waals surface area contributed by atoms with Crippen LogP contribution in [-0.2, 0) is 11.2 Å². The van der Waals surface area contributed by atoms with Crippen LogP contribution in [0.25, 0.3) is 0 Å². The van der Waals surface area contributed by atoms with E-state index >= 15 is 0 Å². The number of aryl methyl sites for hydroxylation is 1. The number of hydrogen-bond donors (Lipinski definition) is 1. The van der Waals surface area contributed by atoms with Crippen molar-refractivity contribution in [3.05, 3.63) is 36.0 Å². The highest BCUT2D eigenvalue weighted by molar-refractivity contribution is 5.96. The Balaban J connectivity index is 1.76. The van der Waals surface area contributed by atoms with Crippen LogP contribution in [0.15, 0.2) is 30.5 Å². The van der Waals surface area contributed by atoms with Gasteiger partial charge in [-0.3, -0.25) is 4.79 Å². The van der Waals surface area contributed by atoms with E-state index < -0.39 is 6.10 Å². The molecular weight excluding hydrogens is 308 g/mol. The summed E-state index contributed by atoms with van der Waals surface area (Å²) in [6.45, 7) is 0. The Morgan fingerprint density at radius 2 is 2.17 bits per heavy atom. The molecule has 0 aliphatic carbocycles. The molecule has 126 valence electrons. The number of fused-ring (bicyclic) bond motifs is 1. The summed E-state index contributed by atoms with van der Waals surface area (Å²) in [4.78, 5) is 22.7. The number of methoxy groups -OCH3 is 1. The zero-order valence-corrected chi connectivity index (χ0v) is 13.9. The lowest BCUT2D eigenvalue weighted by molar-refractivity contribution is -0.123. The number of carbonyl (C=O) groups excluding carboxylic acids is 1. The number of ether oxygens (including phenoxy) is 2. The molecule has 0 saturated carbocycles.